The summed E-state index contributed by atoms with van der Waals surface area (Å²) in [6.45, 7) is 4.15. The SMILES string of the molecule is Cc1ccc(-c2csc3nc(CCl)[nH]c(=O)c23)cc1C. The Labute approximate surface area is 125 Å². The van der Waals surface area contributed by atoms with E-state index in [-0.39, 0.29) is 11.4 Å². The molecule has 3 nitrogen and oxygen atoms in total. The molecule has 0 unspecified atom stereocenters. The van der Waals surface area contributed by atoms with Gasteiger partial charge in [0, 0.05) is 10.9 Å². The second kappa shape index (κ2) is 5.04. The van der Waals surface area contributed by atoms with Crippen LogP contribution < -0.4 is 5.56 Å². The van der Waals surface area contributed by atoms with E-state index in [0.717, 1.165) is 16.0 Å². The molecule has 1 N–H and O–H groups in total. The molecule has 2 aromatic heterocycles. The maximum atomic E-state index is 12.2. The van der Waals surface area contributed by atoms with Crippen molar-refractivity contribution in [3.63, 3.8) is 0 Å². The Hall–Kier alpha value is -1.65. The monoisotopic (exact) mass is 304 g/mol. The molecule has 1 aromatic carbocycles. The summed E-state index contributed by atoms with van der Waals surface area (Å²) in [7, 11) is 0. The van der Waals surface area contributed by atoms with Gasteiger partial charge in [0.25, 0.3) is 5.56 Å². The minimum atomic E-state index is -0.125. The molecule has 0 saturated carbocycles. The number of halogens is 1. The van der Waals surface area contributed by atoms with E-state index in [1.807, 2.05) is 11.4 Å². The molecule has 20 heavy (non-hydrogen) atoms. The van der Waals surface area contributed by atoms with Crippen molar-refractivity contribution in [1.82, 2.24) is 9.97 Å². The molecule has 0 fully saturated rings. The lowest BCUT2D eigenvalue weighted by molar-refractivity contribution is 1.04. The predicted octanol–water partition coefficient (Wildman–Crippen LogP) is 4.01. The first-order valence-electron chi connectivity index (χ1n) is 6.24. The number of nitrogens with zero attached hydrogens (tertiary/aromatic N) is 1. The zero-order valence-electron chi connectivity index (χ0n) is 11.2. The Morgan fingerprint density at radius 2 is 2.10 bits per heavy atom. The number of aryl methyl sites for hydroxylation is 2. The number of hydrogen-bond acceptors (Lipinski definition) is 3. The van der Waals surface area contributed by atoms with Crippen LogP contribution in [0.1, 0.15) is 17.0 Å². The van der Waals surface area contributed by atoms with Gasteiger partial charge in [0.15, 0.2) is 0 Å². The molecule has 0 aliphatic carbocycles. The molecule has 3 rings (SSSR count). The van der Waals surface area contributed by atoms with E-state index in [1.165, 1.54) is 22.5 Å². The summed E-state index contributed by atoms with van der Waals surface area (Å²) >= 11 is 7.21. The van der Waals surface area contributed by atoms with E-state index >= 15 is 0 Å². The van der Waals surface area contributed by atoms with Crippen molar-refractivity contribution in [2.24, 2.45) is 0 Å². The quantitative estimate of drug-likeness (QED) is 0.727. The first kappa shape index (κ1) is 13.3. The molecule has 5 heteroatoms. The van der Waals surface area contributed by atoms with Gasteiger partial charge in [-0.25, -0.2) is 4.98 Å². The van der Waals surface area contributed by atoms with E-state index in [0.29, 0.717) is 11.2 Å². The van der Waals surface area contributed by atoms with Crippen molar-refractivity contribution < 1.29 is 0 Å². The number of rotatable bonds is 2. The Kier molecular flexibility index (Phi) is 3.36. The van der Waals surface area contributed by atoms with E-state index in [9.17, 15) is 4.79 Å². The largest absolute Gasteiger partial charge is 0.309 e. The fourth-order valence-electron chi connectivity index (χ4n) is 2.18. The molecule has 0 saturated heterocycles. The van der Waals surface area contributed by atoms with Gasteiger partial charge < -0.3 is 4.98 Å². The number of aromatic amines is 1. The van der Waals surface area contributed by atoms with Gasteiger partial charge in [-0.1, -0.05) is 18.2 Å². The molecule has 0 aliphatic rings. The second-order valence-corrected chi connectivity index (χ2v) is 5.90. The lowest BCUT2D eigenvalue weighted by atomic mass is 10.0. The Morgan fingerprint density at radius 3 is 2.80 bits per heavy atom. The summed E-state index contributed by atoms with van der Waals surface area (Å²) < 4.78 is 0. The number of alkyl halides is 1. The minimum absolute atomic E-state index is 0.125. The second-order valence-electron chi connectivity index (χ2n) is 4.77. The van der Waals surface area contributed by atoms with Crippen LogP contribution in [-0.4, -0.2) is 9.97 Å². The molecular weight excluding hydrogens is 292 g/mol. The lowest BCUT2D eigenvalue weighted by Crippen LogP contribution is -2.10. The van der Waals surface area contributed by atoms with Crippen molar-refractivity contribution in [1.29, 1.82) is 0 Å². The van der Waals surface area contributed by atoms with Crippen LogP contribution >= 0.6 is 22.9 Å². The third kappa shape index (κ3) is 2.15. The molecule has 2 heterocycles. The van der Waals surface area contributed by atoms with Crippen LogP contribution in [0.3, 0.4) is 0 Å². The molecule has 0 bridgehead atoms. The highest BCUT2D eigenvalue weighted by atomic mass is 35.5. The highest BCUT2D eigenvalue weighted by molar-refractivity contribution is 7.17. The third-order valence-corrected chi connectivity index (χ3v) is 4.56. The topological polar surface area (TPSA) is 45.8 Å². The molecule has 0 amide bonds. The summed E-state index contributed by atoms with van der Waals surface area (Å²) in [6, 6.07) is 6.22. The van der Waals surface area contributed by atoms with Crippen molar-refractivity contribution in [3.05, 3.63) is 50.9 Å². The zero-order chi connectivity index (χ0) is 14.3. The van der Waals surface area contributed by atoms with E-state index in [1.54, 1.807) is 0 Å². The predicted molar refractivity (Wildman–Crippen MR) is 84.7 cm³/mol. The van der Waals surface area contributed by atoms with Gasteiger partial charge in [-0.05, 0) is 30.5 Å². The standard InChI is InChI=1S/C15H13ClN2OS/c1-8-3-4-10(5-9(8)2)11-7-20-15-13(11)14(19)17-12(6-16)18-15/h3-5,7H,6H2,1-2H3,(H,17,18,19). The number of thiophene rings is 1. The zero-order valence-corrected chi connectivity index (χ0v) is 12.7. The molecule has 0 radical (unpaired) electrons. The maximum Gasteiger partial charge on any atom is 0.260 e. The van der Waals surface area contributed by atoms with Crippen LogP contribution in [-0.2, 0) is 5.88 Å². The number of H-pyrrole nitrogens is 1. The number of hydrogen-bond donors (Lipinski definition) is 1. The molecule has 102 valence electrons. The van der Waals surface area contributed by atoms with Crippen LogP contribution in [0.5, 0.6) is 0 Å². The fraction of sp³-hybridized carbons (Fsp3) is 0.200. The van der Waals surface area contributed by atoms with Crippen LogP contribution in [0.25, 0.3) is 21.3 Å². The summed E-state index contributed by atoms with van der Waals surface area (Å²) in [5.41, 5.74) is 4.31. The fourth-order valence-corrected chi connectivity index (χ4v) is 3.27. The minimum Gasteiger partial charge on any atom is -0.309 e. The number of aromatic nitrogens is 2. The molecule has 0 spiro atoms. The van der Waals surface area contributed by atoms with Gasteiger partial charge in [-0.2, -0.15) is 0 Å². The van der Waals surface area contributed by atoms with Crippen molar-refractivity contribution in [3.8, 4) is 11.1 Å². The van der Waals surface area contributed by atoms with Crippen LogP contribution in [0, 0.1) is 13.8 Å². The smallest absolute Gasteiger partial charge is 0.260 e. The molecule has 0 atom stereocenters. The van der Waals surface area contributed by atoms with Crippen LogP contribution in [0.2, 0.25) is 0 Å². The van der Waals surface area contributed by atoms with Crippen LogP contribution in [0.15, 0.2) is 28.4 Å². The summed E-state index contributed by atoms with van der Waals surface area (Å²) in [5, 5.41) is 2.63. The van der Waals surface area contributed by atoms with Crippen molar-refractivity contribution >= 4 is 33.2 Å². The first-order valence-corrected chi connectivity index (χ1v) is 7.65. The van der Waals surface area contributed by atoms with Crippen molar-refractivity contribution in [2.75, 3.05) is 0 Å². The third-order valence-electron chi connectivity index (χ3n) is 3.44. The van der Waals surface area contributed by atoms with Gasteiger partial charge in [0.2, 0.25) is 0 Å². The first-order chi connectivity index (χ1) is 9.60. The molecule has 0 aliphatic heterocycles. The highest BCUT2D eigenvalue weighted by Crippen LogP contribution is 2.31. The lowest BCUT2D eigenvalue weighted by Gasteiger charge is -2.04. The van der Waals surface area contributed by atoms with Gasteiger partial charge in [-0.15, -0.1) is 22.9 Å². The Balaban J connectivity index is 2.27. The highest BCUT2D eigenvalue weighted by Gasteiger charge is 2.13. The summed E-state index contributed by atoms with van der Waals surface area (Å²) in [6.07, 6.45) is 0. The summed E-state index contributed by atoms with van der Waals surface area (Å²) in [5.74, 6) is 0.722. The average Bonchev–Trinajstić information content (AvgIpc) is 2.86. The number of fused-ring (bicyclic) bond motifs is 1. The normalized spacial score (nSPS) is 11.2. The van der Waals surface area contributed by atoms with E-state index in [2.05, 4.69) is 35.9 Å². The van der Waals surface area contributed by atoms with Gasteiger partial charge in [0.1, 0.15) is 10.7 Å². The van der Waals surface area contributed by atoms with Gasteiger partial charge in [0.05, 0.1) is 11.3 Å². The van der Waals surface area contributed by atoms with Gasteiger partial charge in [-0.3, -0.25) is 4.79 Å². The van der Waals surface area contributed by atoms with Gasteiger partial charge >= 0.3 is 0 Å². The number of nitrogens with one attached hydrogen (secondary N) is 1. The maximum absolute atomic E-state index is 12.2. The van der Waals surface area contributed by atoms with E-state index < -0.39 is 0 Å². The number of benzene rings is 1. The molecule has 3 aromatic rings. The van der Waals surface area contributed by atoms with Crippen molar-refractivity contribution in [2.45, 2.75) is 19.7 Å². The molecular formula is C15H13ClN2OS. The Bertz CT molecular complexity index is 851. The Morgan fingerprint density at radius 1 is 1.30 bits per heavy atom. The average molecular weight is 305 g/mol. The summed E-state index contributed by atoms with van der Waals surface area (Å²) in [4.78, 5) is 20.1. The van der Waals surface area contributed by atoms with E-state index in [4.69, 9.17) is 11.6 Å². The van der Waals surface area contributed by atoms with Crippen LogP contribution in [0.4, 0.5) is 0 Å².